The van der Waals surface area contributed by atoms with Crippen molar-refractivity contribution in [1.29, 1.82) is 0 Å². The van der Waals surface area contributed by atoms with E-state index in [-0.39, 0.29) is 11.5 Å². The summed E-state index contributed by atoms with van der Waals surface area (Å²) in [5.74, 6) is -1.49. The molecule has 0 saturated carbocycles. The molecule has 0 radical (unpaired) electrons. The molecule has 1 heterocycles. The van der Waals surface area contributed by atoms with E-state index in [1.807, 2.05) is 0 Å². The molecule has 1 aliphatic rings. The van der Waals surface area contributed by atoms with Gasteiger partial charge in [-0.25, -0.2) is 9.59 Å². The maximum atomic E-state index is 12.0. The second-order valence-corrected chi connectivity index (χ2v) is 11.5. The third kappa shape index (κ3) is 20.1. The van der Waals surface area contributed by atoms with Crippen LogP contribution in [-0.4, -0.2) is 25.2 Å². The summed E-state index contributed by atoms with van der Waals surface area (Å²) >= 11 is 0. The molecule has 0 amide bonds. The standard InChI is InChI=1S/C34H62O5/c1-3-5-7-9-11-13-15-17-19-21-23-25-27-29-37-31-32(34(36)39-33(31)35)38-30-28-26-24-22-20-18-16-14-12-10-8-6-4-2/h3-30H2,1-2H3. The highest BCUT2D eigenvalue weighted by atomic mass is 16.6. The topological polar surface area (TPSA) is 61.8 Å². The van der Waals surface area contributed by atoms with Crippen LogP contribution in [-0.2, 0) is 23.8 Å². The smallest absolute Gasteiger partial charge is 0.385 e. The van der Waals surface area contributed by atoms with Crippen molar-refractivity contribution >= 4 is 11.9 Å². The molecular weight excluding hydrogens is 488 g/mol. The van der Waals surface area contributed by atoms with Crippen molar-refractivity contribution in [1.82, 2.24) is 0 Å². The molecule has 0 atom stereocenters. The van der Waals surface area contributed by atoms with Gasteiger partial charge < -0.3 is 14.2 Å². The molecule has 0 bridgehead atoms. The highest BCUT2D eigenvalue weighted by Crippen LogP contribution is 2.21. The van der Waals surface area contributed by atoms with E-state index < -0.39 is 11.9 Å². The molecule has 0 saturated heterocycles. The molecule has 0 aromatic carbocycles. The average molecular weight is 551 g/mol. The fourth-order valence-corrected chi connectivity index (χ4v) is 5.20. The molecule has 0 N–H and O–H groups in total. The number of hydrogen-bond donors (Lipinski definition) is 0. The first-order chi connectivity index (χ1) is 19.2. The van der Waals surface area contributed by atoms with Gasteiger partial charge in [0.2, 0.25) is 0 Å². The van der Waals surface area contributed by atoms with E-state index in [2.05, 4.69) is 13.8 Å². The van der Waals surface area contributed by atoms with E-state index in [0.29, 0.717) is 13.2 Å². The van der Waals surface area contributed by atoms with Gasteiger partial charge in [-0.1, -0.05) is 168 Å². The van der Waals surface area contributed by atoms with Crippen LogP contribution >= 0.6 is 0 Å². The molecule has 0 spiro atoms. The SMILES string of the molecule is CCCCCCCCCCCCCCCOC1=C(OCCCCCCCCCCCCCCC)C(=O)OC1=O. The van der Waals surface area contributed by atoms with Gasteiger partial charge in [-0.3, -0.25) is 0 Å². The molecule has 1 rings (SSSR count). The van der Waals surface area contributed by atoms with Crippen LogP contribution in [0.15, 0.2) is 11.5 Å². The molecule has 228 valence electrons. The van der Waals surface area contributed by atoms with Crippen LogP contribution in [0.1, 0.15) is 181 Å². The highest BCUT2D eigenvalue weighted by Gasteiger charge is 2.36. The average Bonchev–Trinajstić information content (AvgIpc) is 3.20. The lowest BCUT2D eigenvalue weighted by atomic mass is 10.0. The Labute approximate surface area is 241 Å². The number of hydrogen-bond acceptors (Lipinski definition) is 5. The minimum absolute atomic E-state index is 0.0337. The number of esters is 2. The molecule has 5 heteroatoms. The van der Waals surface area contributed by atoms with Gasteiger partial charge in [0.15, 0.2) is 0 Å². The Kier molecular flexibility index (Phi) is 24.3. The van der Waals surface area contributed by atoms with E-state index in [1.54, 1.807) is 0 Å². The van der Waals surface area contributed by atoms with Crippen molar-refractivity contribution in [2.75, 3.05) is 13.2 Å². The summed E-state index contributed by atoms with van der Waals surface area (Å²) in [5.41, 5.74) is 0. The molecular formula is C34H62O5. The first-order valence-corrected chi connectivity index (χ1v) is 17.0. The van der Waals surface area contributed by atoms with Crippen LogP contribution in [0.2, 0.25) is 0 Å². The van der Waals surface area contributed by atoms with Gasteiger partial charge in [0.25, 0.3) is 11.5 Å². The summed E-state index contributed by atoms with van der Waals surface area (Å²) in [4.78, 5) is 24.0. The van der Waals surface area contributed by atoms with Gasteiger partial charge in [-0.15, -0.1) is 0 Å². The second kappa shape index (κ2) is 26.7. The highest BCUT2D eigenvalue weighted by molar-refractivity contribution is 6.10. The predicted octanol–water partition coefficient (Wildman–Crippen LogP) is 10.5. The first-order valence-electron chi connectivity index (χ1n) is 17.0. The summed E-state index contributed by atoms with van der Waals surface area (Å²) in [5, 5.41) is 0. The Hall–Kier alpha value is -1.52. The minimum atomic E-state index is -0.713. The lowest BCUT2D eigenvalue weighted by molar-refractivity contribution is -0.153. The van der Waals surface area contributed by atoms with E-state index in [0.717, 1.165) is 25.7 Å². The van der Waals surface area contributed by atoms with Gasteiger partial charge in [-0.05, 0) is 12.8 Å². The van der Waals surface area contributed by atoms with Gasteiger partial charge in [0.1, 0.15) is 0 Å². The first kappa shape index (κ1) is 35.5. The lowest BCUT2D eigenvalue weighted by Crippen LogP contribution is -2.06. The van der Waals surface area contributed by atoms with E-state index in [9.17, 15) is 9.59 Å². The molecule has 39 heavy (non-hydrogen) atoms. The van der Waals surface area contributed by atoms with Gasteiger partial charge in [0.05, 0.1) is 13.2 Å². The molecule has 0 aromatic rings. The Morgan fingerprint density at radius 2 is 0.615 bits per heavy atom. The zero-order valence-electron chi connectivity index (χ0n) is 25.8. The number of rotatable bonds is 30. The van der Waals surface area contributed by atoms with Crippen LogP contribution < -0.4 is 0 Å². The van der Waals surface area contributed by atoms with Crippen LogP contribution in [0, 0.1) is 0 Å². The van der Waals surface area contributed by atoms with Crippen molar-refractivity contribution in [3.63, 3.8) is 0 Å². The van der Waals surface area contributed by atoms with Crippen molar-refractivity contribution in [3.05, 3.63) is 11.5 Å². The summed E-state index contributed by atoms with van der Waals surface area (Å²) in [6, 6.07) is 0. The Morgan fingerprint density at radius 1 is 0.385 bits per heavy atom. The van der Waals surface area contributed by atoms with Crippen molar-refractivity contribution in [2.45, 2.75) is 181 Å². The summed E-state index contributed by atoms with van der Waals surface area (Å²) < 4.78 is 16.0. The summed E-state index contributed by atoms with van der Waals surface area (Å²) in [6.45, 7) is 5.36. The van der Waals surface area contributed by atoms with E-state index in [1.165, 1.54) is 141 Å². The third-order valence-electron chi connectivity index (χ3n) is 7.75. The maximum absolute atomic E-state index is 12.0. The lowest BCUT2D eigenvalue weighted by Gasteiger charge is -2.08. The van der Waals surface area contributed by atoms with Crippen molar-refractivity contribution in [2.24, 2.45) is 0 Å². The van der Waals surface area contributed by atoms with Crippen LogP contribution in [0.4, 0.5) is 0 Å². The van der Waals surface area contributed by atoms with Crippen molar-refractivity contribution in [3.8, 4) is 0 Å². The maximum Gasteiger partial charge on any atom is 0.385 e. The molecule has 0 fully saturated rings. The number of carbonyl (C=O) groups excluding carboxylic acids is 2. The Balaban J connectivity index is 2.00. The van der Waals surface area contributed by atoms with Gasteiger partial charge in [0, 0.05) is 0 Å². The zero-order chi connectivity index (χ0) is 28.2. The number of carbonyl (C=O) groups is 2. The third-order valence-corrected chi connectivity index (χ3v) is 7.75. The van der Waals surface area contributed by atoms with E-state index >= 15 is 0 Å². The predicted molar refractivity (Wildman–Crippen MR) is 161 cm³/mol. The molecule has 0 aromatic heterocycles. The monoisotopic (exact) mass is 550 g/mol. The second-order valence-electron chi connectivity index (χ2n) is 11.5. The zero-order valence-corrected chi connectivity index (χ0v) is 25.8. The minimum Gasteiger partial charge on any atom is -0.484 e. The molecule has 0 aliphatic carbocycles. The Bertz CT molecular complexity index is 575. The fourth-order valence-electron chi connectivity index (χ4n) is 5.20. The summed E-state index contributed by atoms with van der Waals surface area (Å²) in [7, 11) is 0. The summed E-state index contributed by atoms with van der Waals surface area (Å²) in [6.07, 6.45) is 33.3. The van der Waals surface area contributed by atoms with Crippen LogP contribution in [0.3, 0.4) is 0 Å². The molecule has 0 unspecified atom stereocenters. The normalized spacial score (nSPS) is 13.4. The van der Waals surface area contributed by atoms with Crippen molar-refractivity contribution < 1.29 is 23.8 Å². The number of ether oxygens (including phenoxy) is 3. The van der Waals surface area contributed by atoms with Gasteiger partial charge in [-0.2, -0.15) is 0 Å². The number of cyclic esters (lactones) is 2. The molecule has 1 aliphatic heterocycles. The fraction of sp³-hybridized carbons (Fsp3) is 0.882. The number of unbranched alkanes of at least 4 members (excludes halogenated alkanes) is 24. The van der Waals surface area contributed by atoms with E-state index in [4.69, 9.17) is 14.2 Å². The quantitative estimate of drug-likeness (QED) is 0.0505. The van der Waals surface area contributed by atoms with Crippen LogP contribution in [0.25, 0.3) is 0 Å². The largest absolute Gasteiger partial charge is 0.484 e. The Morgan fingerprint density at radius 3 is 0.872 bits per heavy atom. The molecule has 5 nitrogen and oxygen atoms in total. The van der Waals surface area contributed by atoms with Gasteiger partial charge >= 0.3 is 11.9 Å². The van der Waals surface area contributed by atoms with Crippen LogP contribution in [0.5, 0.6) is 0 Å².